The zero-order chi connectivity index (χ0) is 24.7. The highest BCUT2D eigenvalue weighted by Gasteiger charge is 2.44. The highest BCUT2D eigenvalue weighted by Crippen LogP contribution is 2.49. The summed E-state index contributed by atoms with van der Waals surface area (Å²) in [5.41, 5.74) is 0.450. The molecule has 3 unspecified atom stereocenters. The lowest BCUT2D eigenvalue weighted by Gasteiger charge is -2.38. The number of rotatable bonds is 4. The lowest BCUT2D eigenvalue weighted by molar-refractivity contribution is -0.145. The normalized spacial score (nSPS) is 24.5. The van der Waals surface area contributed by atoms with Crippen molar-refractivity contribution in [2.75, 3.05) is 20.2 Å². The number of carbonyl (C=O) groups excluding carboxylic acids is 3. The van der Waals surface area contributed by atoms with E-state index in [4.69, 9.17) is 14.2 Å². The average Bonchev–Trinajstić information content (AvgIpc) is 3.60. The molecule has 0 N–H and O–H groups in total. The number of amides is 1. The van der Waals surface area contributed by atoms with Gasteiger partial charge in [-0.2, -0.15) is 0 Å². The van der Waals surface area contributed by atoms with E-state index in [-0.39, 0.29) is 29.7 Å². The third-order valence-corrected chi connectivity index (χ3v) is 7.29. The number of Topliss-reactive ketones (excluding diaryl/α,β-unsaturated/α-hetero) is 1. The van der Waals surface area contributed by atoms with Gasteiger partial charge in [-0.25, -0.2) is 4.79 Å². The van der Waals surface area contributed by atoms with Crippen LogP contribution in [0.5, 0.6) is 5.75 Å². The van der Waals surface area contributed by atoms with Crippen LogP contribution in [0.25, 0.3) is 0 Å². The van der Waals surface area contributed by atoms with Gasteiger partial charge in [-0.15, -0.1) is 0 Å². The number of nitrogens with zero attached hydrogens (tertiary/aromatic N) is 1. The largest absolute Gasteiger partial charge is 0.486 e. The minimum absolute atomic E-state index is 0.0473. The van der Waals surface area contributed by atoms with E-state index in [9.17, 15) is 14.4 Å². The fourth-order valence-corrected chi connectivity index (χ4v) is 5.43. The van der Waals surface area contributed by atoms with Gasteiger partial charge in [-0.3, -0.25) is 9.59 Å². The quantitative estimate of drug-likeness (QED) is 0.567. The van der Waals surface area contributed by atoms with Gasteiger partial charge in [0.1, 0.15) is 17.0 Å². The summed E-state index contributed by atoms with van der Waals surface area (Å²) in [4.78, 5) is 39.7. The van der Waals surface area contributed by atoms with E-state index in [1.54, 1.807) is 4.90 Å². The minimum atomic E-state index is -0.623. The average molecular weight is 472 g/mol. The topological polar surface area (TPSA) is 82.1 Å². The number of esters is 1. The van der Waals surface area contributed by atoms with Gasteiger partial charge in [-0.1, -0.05) is 13.0 Å². The third-order valence-electron chi connectivity index (χ3n) is 7.29. The maximum absolute atomic E-state index is 13.1. The molecule has 34 heavy (non-hydrogen) atoms. The summed E-state index contributed by atoms with van der Waals surface area (Å²) in [6.07, 6.45) is 4.19. The molecular formula is C27H37NO6. The fourth-order valence-electron chi connectivity index (χ4n) is 5.43. The van der Waals surface area contributed by atoms with E-state index >= 15 is 0 Å². The van der Waals surface area contributed by atoms with Crippen molar-refractivity contribution in [1.29, 1.82) is 0 Å². The number of methoxy groups -OCH3 is 1. The Kier molecular flexibility index (Phi) is 6.67. The highest BCUT2D eigenvalue weighted by atomic mass is 16.6. The molecule has 7 nitrogen and oxygen atoms in total. The van der Waals surface area contributed by atoms with Crippen molar-refractivity contribution in [3.8, 4) is 5.75 Å². The predicted molar refractivity (Wildman–Crippen MR) is 127 cm³/mol. The zero-order valence-corrected chi connectivity index (χ0v) is 21.0. The molecule has 186 valence electrons. The van der Waals surface area contributed by atoms with E-state index in [1.165, 1.54) is 7.11 Å². The van der Waals surface area contributed by atoms with E-state index in [1.807, 2.05) is 45.9 Å². The molecule has 3 aliphatic rings. The standard InChI is InChI=1S/C27H37NO6/c1-17(24(30)32-5)23(18-7-8-18)19-9-10-20-21(29)16-27(33-22(20)15-19)11-6-13-28(14-12-27)25(31)34-26(2,3)4/h9-10,15,17-18,23H,6-8,11-14,16H2,1-5H3. The monoisotopic (exact) mass is 471 g/mol. The molecule has 1 aromatic carbocycles. The van der Waals surface area contributed by atoms with Gasteiger partial charge in [-0.05, 0) is 76.0 Å². The van der Waals surface area contributed by atoms with Crippen molar-refractivity contribution in [2.45, 2.75) is 83.3 Å². The second-order valence-electron chi connectivity index (χ2n) is 11.1. The Labute approximate surface area is 202 Å². The van der Waals surface area contributed by atoms with E-state index in [0.717, 1.165) is 24.8 Å². The van der Waals surface area contributed by atoms with Crippen molar-refractivity contribution >= 4 is 17.8 Å². The summed E-state index contributed by atoms with van der Waals surface area (Å²) in [5, 5.41) is 0. The van der Waals surface area contributed by atoms with Gasteiger partial charge in [0.25, 0.3) is 0 Å². The molecule has 1 aromatic rings. The van der Waals surface area contributed by atoms with Crippen LogP contribution in [0.3, 0.4) is 0 Å². The molecule has 2 fully saturated rings. The molecule has 1 saturated carbocycles. The van der Waals surface area contributed by atoms with Gasteiger partial charge in [0.15, 0.2) is 5.78 Å². The van der Waals surface area contributed by atoms with Crippen LogP contribution >= 0.6 is 0 Å². The molecule has 7 heteroatoms. The van der Waals surface area contributed by atoms with E-state index in [2.05, 4.69) is 0 Å². The molecule has 1 spiro atoms. The van der Waals surface area contributed by atoms with Gasteiger partial charge in [0, 0.05) is 19.5 Å². The van der Waals surface area contributed by atoms with Crippen LogP contribution in [0.1, 0.15) is 88.1 Å². The number of ketones is 1. The number of benzene rings is 1. The number of carbonyl (C=O) groups is 3. The maximum atomic E-state index is 13.1. The van der Waals surface area contributed by atoms with Crippen LogP contribution < -0.4 is 4.74 Å². The number of hydrogen-bond donors (Lipinski definition) is 0. The predicted octanol–water partition coefficient (Wildman–Crippen LogP) is 5.11. The Bertz CT molecular complexity index is 962. The molecule has 3 atom stereocenters. The van der Waals surface area contributed by atoms with E-state index < -0.39 is 11.2 Å². The summed E-state index contributed by atoms with van der Waals surface area (Å²) >= 11 is 0. The smallest absolute Gasteiger partial charge is 0.410 e. The van der Waals surface area contributed by atoms with Crippen molar-refractivity contribution in [3.63, 3.8) is 0 Å². The number of ether oxygens (including phenoxy) is 3. The summed E-state index contributed by atoms with van der Waals surface area (Å²) in [7, 11) is 1.42. The van der Waals surface area contributed by atoms with Crippen molar-refractivity contribution in [1.82, 2.24) is 4.90 Å². The van der Waals surface area contributed by atoms with Gasteiger partial charge >= 0.3 is 12.1 Å². The summed E-state index contributed by atoms with van der Waals surface area (Å²) in [5.74, 6) is 0.689. The Hall–Kier alpha value is -2.57. The molecule has 0 bridgehead atoms. The summed E-state index contributed by atoms with van der Waals surface area (Å²) in [6.45, 7) is 8.56. The first-order valence-corrected chi connectivity index (χ1v) is 12.4. The number of fused-ring (bicyclic) bond motifs is 1. The number of hydrogen-bond acceptors (Lipinski definition) is 6. The van der Waals surface area contributed by atoms with Gasteiger partial charge in [0.2, 0.25) is 0 Å². The molecule has 1 saturated heterocycles. The molecule has 0 radical (unpaired) electrons. The second kappa shape index (κ2) is 9.23. The second-order valence-corrected chi connectivity index (χ2v) is 11.1. The van der Waals surface area contributed by atoms with Gasteiger partial charge in [0.05, 0.1) is 25.0 Å². The van der Waals surface area contributed by atoms with Crippen LogP contribution in [-0.2, 0) is 14.3 Å². The van der Waals surface area contributed by atoms with E-state index in [0.29, 0.717) is 49.6 Å². The highest BCUT2D eigenvalue weighted by molar-refractivity contribution is 6.00. The molecule has 1 amide bonds. The first-order chi connectivity index (χ1) is 16.0. The molecule has 2 heterocycles. The first-order valence-electron chi connectivity index (χ1n) is 12.4. The molecule has 2 aliphatic heterocycles. The van der Waals surface area contributed by atoms with Crippen molar-refractivity contribution < 1.29 is 28.6 Å². The van der Waals surface area contributed by atoms with Crippen LogP contribution in [0.4, 0.5) is 4.79 Å². The van der Waals surface area contributed by atoms with Crippen LogP contribution in [0.15, 0.2) is 18.2 Å². The molecular weight excluding hydrogens is 434 g/mol. The minimum Gasteiger partial charge on any atom is -0.486 e. The van der Waals surface area contributed by atoms with Gasteiger partial charge < -0.3 is 19.1 Å². The Morgan fingerprint density at radius 1 is 1.18 bits per heavy atom. The maximum Gasteiger partial charge on any atom is 0.410 e. The van der Waals surface area contributed by atoms with Crippen LogP contribution in [0, 0.1) is 11.8 Å². The fraction of sp³-hybridized carbons (Fsp3) is 0.667. The Balaban J connectivity index is 1.55. The zero-order valence-electron chi connectivity index (χ0n) is 21.0. The lowest BCUT2D eigenvalue weighted by atomic mass is 9.80. The lowest BCUT2D eigenvalue weighted by Crippen LogP contribution is -2.43. The number of likely N-dealkylation sites (tertiary alicyclic amines) is 1. The summed E-state index contributed by atoms with van der Waals surface area (Å²) < 4.78 is 17.1. The van der Waals surface area contributed by atoms with Crippen LogP contribution in [0.2, 0.25) is 0 Å². The molecule has 0 aromatic heterocycles. The third kappa shape index (κ3) is 5.23. The SMILES string of the molecule is COC(=O)C(C)C(c1ccc2c(c1)OC1(CCCN(C(=O)OC(C)(C)C)CC1)CC2=O)C1CC1. The Morgan fingerprint density at radius 2 is 1.91 bits per heavy atom. The first kappa shape index (κ1) is 24.6. The summed E-state index contributed by atoms with van der Waals surface area (Å²) in [6, 6.07) is 5.79. The van der Waals surface area contributed by atoms with Crippen molar-refractivity contribution in [2.24, 2.45) is 11.8 Å². The Morgan fingerprint density at radius 3 is 2.56 bits per heavy atom. The van der Waals surface area contributed by atoms with Crippen molar-refractivity contribution in [3.05, 3.63) is 29.3 Å². The molecule has 4 rings (SSSR count). The van der Waals surface area contributed by atoms with Crippen LogP contribution in [-0.4, -0.2) is 54.1 Å². The molecule has 1 aliphatic carbocycles.